The molecule has 3 aliphatic heterocycles. The van der Waals surface area contributed by atoms with E-state index >= 15 is 0 Å². The Morgan fingerprint density at radius 1 is 1.20 bits per heavy atom. The smallest absolute Gasteiger partial charge is 0.279 e. The van der Waals surface area contributed by atoms with Crippen molar-refractivity contribution in [3.05, 3.63) is 51.2 Å². The number of oxime groups is 1. The van der Waals surface area contributed by atoms with Crippen LogP contribution in [0.15, 0.2) is 45.6 Å². The number of hydrazine groups is 1. The van der Waals surface area contributed by atoms with Crippen molar-refractivity contribution in [2.45, 2.75) is 84.2 Å². The van der Waals surface area contributed by atoms with E-state index in [1.165, 1.54) is 5.57 Å². The minimum Gasteiger partial charge on any atom is -0.387 e. The first-order chi connectivity index (χ1) is 21.9. The number of methoxy groups -OCH3 is 1. The van der Waals surface area contributed by atoms with E-state index in [1.807, 2.05) is 5.38 Å². The van der Waals surface area contributed by atoms with Crippen LogP contribution in [0.2, 0.25) is 0 Å². The molecule has 0 spiro atoms. The lowest BCUT2D eigenvalue weighted by Gasteiger charge is -2.33. The number of amides is 1. The topological polar surface area (TPSA) is 79.3 Å². The number of ether oxygens (including phenoxy) is 1. The average Bonchev–Trinajstić information content (AvgIpc) is 3.53. The molecule has 2 fully saturated rings. The van der Waals surface area contributed by atoms with Crippen molar-refractivity contribution < 1.29 is 31.9 Å². The quantitative estimate of drug-likeness (QED) is 0.241. The number of rotatable bonds is 8. The lowest BCUT2D eigenvalue weighted by Crippen LogP contribution is -2.46. The van der Waals surface area contributed by atoms with Crippen LogP contribution in [-0.4, -0.2) is 78.9 Å². The number of fused-ring (bicyclic) bond motifs is 1. The third kappa shape index (κ3) is 8.20. The number of carbonyl (C=O) groups excluding carboxylic acids is 1. The van der Waals surface area contributed by atoms with E-state index in [4.69, 9.17) is 14.6 Å². The number of aromatic nitrogens is 1. The molecule has 3 atom stereocenters. The van der Waals surface area contributed by atoms with Crippen LogP contribution in [0.25, 0.3) is 0 Å². The molecule has 1 saturated heterocycles. The largest absolute Gasteiger partial charge is 0.387 e. The van der Waals surface area contributed by atoms with Crippen molar-refractivity contribution >= 4 is 23.0 Å². The molecule has 0 aromatic carbocycles. The number of hydrogen-bond donors (Lipinski definition) is 1. The fraction of sp³-hybridized carbons (Fsp3) is 0.667. The highest BCUT2D eigenvalue weighted by Gasteiger charge is 2.39. The first kappa shape index (κ1) is 34.6. The van der Waals surface area contributed by atoms with Crippen molar-refractivity contribution in [1.29, 1.82) is 0 Å². The molecule has 0 radical (unpaired) electrons. The summed E-state index contributed by atoms with van der Waals surface area (Å²) in [6, 6.07) is 0. The van der Waals surface area contributed by atoms with Gasteiger partial charge in [-0.1, -0.05) is 32.0 Å². The van der Waals surface area contributed by atoms with Gasteiger partial charge in [-0.2, -0.15) is 8.78 Å². The van der Waals surface area contributed by atoms with Gasteiger partial charge >= 0.3 is 0 Å². The average molecular weight is 668 g/mol. The highest BCUT2D eigenvalue weighted by Crippen LogP contribution is 2.44. The normalized spacial score (nSPS) is 25.7. The number of thiazole rings is 1. The first-order valence-electron chi connectivity index (χ1n) is 16.1. The van der Waals surface area contributed by atoms with E-state index in [0.29, 0.717) is 50.4 Å². The Hall–Kier alpha value is -2.77. The van der Waals surface area contributed by atoms with Crippen molar-refractivity contribution in [2.75, 3.05) is 39.9 Å². The van der Waals surface area contributed by atoms with E-state index in [-0.39, 0.29) is 42.0 Å². The maximum absolute atomic E-state index is 13.6. The van der Waals surface area contributed by atoms with Crippen molar-refractivity contribution in [2.24, 2.45) is 22.4 Å². The molecule has 8 nitrogen and oxygen atoms in total. The summed E-state index contributed by atoms with van der Waals surface area (Å²) in [7, 11) is 1.71. The monoisotopic (exact) mass is 667 g/mol. The molecular formula is C33H45F4N5O3S. The van der Waals surface area contributed by atoms with Gasteiger partial charge in [-0.15, -0.1) is 11.3 Å². The summed E-state index contributed by atoms with van der Waals surface area (Å²) in [5.74, 6) is 0.803. The Morgan fingerprint density at radius 2 is 1.96 bits per heavy atom. The lowest BCUT2D eigenvalue weighted by atomic mass is 9.74. The summed E-state index contributed by atoms with van der Waals surface area (Å²) < 4.78 is 58.1. The molecule has 1 aliphatic carbocycles. The maximum Gasteiger partial charge on any atom is 0.279 e. The molecule has 0 bridgehead atoms. The molecule has 1 N–H and O–H groups in total. The summed E-state index contributed by atoms with van der Waals surface area (Å²) in [6.07, 6.45) is 3.87. The third-order valence-corrected chi connectivity index (χ3v) is 10.8. The van der Waals surface area contributed by atoms with Gasteiger partial charge in [0.1, 0.15) is 18.0 Å². The summed E-state index contributed by atoms with van der Waals surface area (Å²) in [4.78, 5) is 25.9. The van der Waals surface area contributed by atoms with Gasteiger partial charge in [0.2, 0.25) is 5.91 Å². The van der Waals surface area contributed by atoms with E-state index in [0.717, 1.165) is 53.5 Å². The van der Waals surface area contributed by atoms with E-state index in [1.54, 1.807) is 23.3 Å². The Balaban J connectivity index is 1.19. The number of allylic oxidation sites excluding steroid dienone is 1. The highest BCUT2D eigenvalue weighted by atomic mass is 32.1. The summed E-state index contributed by atoms with van der Waals surface area (Å²) in [5.41, 5.74) is 5.05. The Bertz CT molecular complexity index is 1360. The fourth-order valence-electron chi connectivity index (χ4n) is 7.08. The Morgan fingerprint density at radius 3 is 2.63 bits per heavy atom. The first-order valence-corrected chi connectivity index (χ1v) is 17.0. The summed E-state index contributed by atoms with van der Waals surface area (Å²) >= 11 is 1.59. The van der Waals surface area contributed by atoms with Crippen molar-refractivity contribution in [1.82, 2.24) is 20.3 Å². The highest BCUT2D eigenvalue weighted by molar-refractivity contribution is 7.10. The number of halogens is 4. The standard InChI is InChI=1S/C33H45F4N5O3S/c1-33(2,3)24-7-5-20(11-14-44-4)30-22(15-24)6-8-25(40-45-30)26-19-46-32(39-26)21-9-12-41(13-10-21)28(43)18-42-29(31(36)37)23(17-38-42)16-27(34)35/h11,16,19,21-22,24,30-31,38H,5-10,12-15,17-18H2,1-4H3/b20-11+. The lowest BCUT2D eigenvalue weighted by molar-refractivity contribution is -0.133. The molecular weight excluding hydrogens is 622 g/mol. The van der Waals surface area contributed by atoms with Gasteiger partial charge in [-0.25, -0.2) is 19.2 Å². The Labute approximate surface area is 272 Å². The van der Waals surface area contributed by atoms with E-state index in [9.17, 15) is 22.4 Å². The molecule has 3 unspecified atom stereocenters. The zero-order valence-electron chi connectivity index (χ0n) is 27.0. The van der Waals surface area contributed by atoms with Crippen LogP contribution < -0.4 is 5.43 Å². The molecule has 1 saturated carbocycles. The van der Waals surface area contributed by atoms with Gasteiger partial charge in [-0.05, 0) is 67.4 Å². The number of nitrogens with one attached hydrogen (secondary N) is 1. The van der Waals surface area contributed by atoms with E-state index in [2.05, 4.69) is 37.4 Å². The molecule has 254 valence electrons. The Kier molecular flexibility index (Phi) is 11.3. The number of nitrogens with zero attached hydrogens (tertiary/aromatic N) is 4. The molecule has 1 aromatic rings. The predicted octanol–water partition coefficient (Wildman–Crippen LogP) is 6.89. The molecule has 46 heavy (non-hydrogen) atoms. The molecule has 4 aliphatic rings. The third-order valence-electron chi connectivity index (χ3n) is 9.81. The zero-order valence-corrected chi connectivity index (χ0v) is 27.9. The number of piperidine rings is 1. The summed E-state index contributed by atoms with van der Waals surface area (Å²) in [5, 5.41) is 8.69. The van der Waals surface area contributed by atoms with Gasteiger partial charge in [-0.3, -0.25) is 9.80 Å². The summed E-state index contributed by atoms with van der Waals surface area (Å²) in [6.45, 7) is 7.93. The minimum atomic E-state index is -2.98. The van der Waals surface area contributed by atoms with Gasteiger partial charge in [0.05, 0.1) is 17.3 Å². The fourth-order valence-corrected chi connectivity index (χ4v) is 8.08. The van der Waals surface area contributed by atoms with Gasteiger partial charge in [0, 0.05) is 50.0 Å². The van der Waals surface area contributed by atoms with Crippen LogP contribution >= 0.6 is 11.3 Å². The van der Waals surface area contributed by atoms with Crippen LogP contribution in [0, 0.1) is 17.3 Å². The van der Waals surface area contributed by atoms with Crippen LogP contribution in [0.4, 0.5) is 17.6 Å². The second-order valence-corrected chi connectivity index (χ2v) is 14.6. The molecule has 1 amide bonds. The zero-order chi connectivity index (χ0) is 33.0. The number of likely N-dealkylation sites (tertiary alicyclic amines) is 1. The second-order valence-electron chi connectivity index (χ2n) is 13.7. The molecule has 5 rings (SSSR count). The van der Waals surface area contributed by atoms with Crippen LogP contribution in [-0.2, 0) is 14.4 Å². The maximum atomic E-state index is 13.6. The molecule has 4 heterocycles. The van der Waals surface area contributed by atoms with Crippen LogP contribution in [0.1, 0.15) is 82.3 Å². The van der Waals surface area contributed by atoms with Gasteiger partial charge in [0.25, 0.3) is 12.5 Å². The molecule has 13 heteroatoms. The van der Waals surface area contributed by atoms with E-state index < -0.39 is 18.2 Å². The van der Waals surface area contributed by atoms with Crippen molar-refractivity contribution in [3.8, 4) is 0 Å². The number of alkyl halides is 2. The minimum absolute atomic E-state index is 0.0593. The number of hydrogen-bond acceptors (Lipinski definition) is 8. The van der Waals surface area contributed by atoms with Gasteiger partial charge in [0.15, 0.2) is 6.10 Å². The van der Waals surface area contributed by atoms with Gasteiger partial charge < -0.3 is 14.5 Å². The second kappa shape index (κ2) is 15.0. The van der Waals surface area contributed by atoms with Crippen molar-refractivity contribution in [3.63, 3.8) is 0 Å². The molecule has 1 aromatic heterocycles. The SMILES string of the molecule is COC/C=C1\CCC(C(C)(C)C)CC2CCC(c3csc(C4CCN(C(=O)CN5NCC(C=C(F)F)=C5C(F)F)CC4)n3)=NOC12. The number of carbonyl (C=O) groups is 1. The van der Waals surface area contributed by atoms with Crippen LogP contribution in [0.3, 0.4) is 0 Å². The predicted molar refractivity (Wildman–Crippen MR) is 170 cm³/mol. The van der Waals surface area contributed by atoms with Crippen LogP contribution in [0.5, 0.6) is 0 Å².